The third-order valence-corrected chi connectivity index (χ3v) is 6.78. The van der Waals surface area contributed by atoms with Crippen LogP contribution in [0.3, 0.4) is 0 Å². The summed E-state index contributed by atoms with van der Waals surface area (Å²) in [6, 6.07) is 0. The summed E-state index contributed by atoms with van der Waals surface area (Å²) in [5.74, 6) is 0.950. The summed E-state index contributed by atoms with van der Waals surface area (Å²) in [5.41, 5.74) is 6.99. The van der Waals surface area contributed by atoms with Crippen LogP contribution in [-0.4, -0.2) is 79.6 Å². The zero-order chi connectivity index (χ0) is 16.5. The first kappa shape index (κ1) is 17.7. The molecule has 3 aliphatic heterocycles. The molecule has 0 aromatic carbocycles. The molecule has 3 rings (SSSR count). The maximum atomic E-state index is 6.34. The minimum Gasteiger partial charge on any atom is -0.324 e. The van der Waals surface area contributed by atoms with Crippen molar-refractivity contribution in [3.8, 4) is 0 Å². The molecule has 0 amide bonds. The quantitative estimate of drug-likeness (QED) is 0.838. The van der Waals surface area contributed by atoms with Gasteiger partial charge in [-0.3, -0.25) is 0 Å². The van der Waals surface area contributed by atoms with Gasteiger partial charge in [-0.25, -0.2) is 0 Å². The molecule has 3 saturated heterocycles. The molecule has 1 spiro atoms. The molecule has 3 aliphatic rings. The van der Waals surface area contributed by atoms with E-state index in [2.05, 4.69) is 35.6 Å². The Balaban J connectivity index is 1.36. The van der Waals surface area contributed by atoms with Gasteiger partial charge in [-0.1, -0.05) is 6.92 Å². The summed E-state index contributed by atoms with van der Waals surface area (Å²) in [4.78, 5) is 7.82. The van der Waals surface area contributed by atoms with Crippen LogP contribution >= 0.6 is 0 Å². The summed E-state index contributed by atoms with van der Waals surface area (Å²) in [6.07, 6.45) is 6.64. The second-order valence-electron chi connectivity index (χ2n) is 9.20. The van der Waals surface area contributed by atoms with Gasteiger partial charge < -0.3 is 20.4 Å². The van der Waals surface area contributed by atoms with Crippen LogP contribution in [0.4, 0.5) is 0 Å². The molecule has 0 saturated carbocycles. The van der Waals surface area contributed by atoms with Crippen LogP contribution < -0.4 is 5.73 Å². The number of nitrogens with two attached hydrogens (primary N) is 1. The molecule has 1 atom stereocenters. The largest absolute Gasteiger partial charge is 0.324 e. The number of piperidine rings is 2. The highest BCUT2D eigenvalue weighted by atomic mass is 15.2. The Morgan fingerprint density at radius 1 is 1.04 bits per heavy atom. The first-order valence-electron chi connectivity index (χ1n) is 9.82. The summed E-state index contributed by atoms with van der Waals surface area (Å²) in [7, 11) is 2.26. The lowest BCUT2D eigenvalue weighted by molar-refractivity contribution is -0.0586. The molecule has 0 aliphatic carbocycles. The van der Waals surface area contributed by atoms with Gasteiger partial charge in [0.25, 0.3) is 0 Å². The highest BCUT2D eigenvalue weighted by molar-refractivity contribution is 4.99. The highest BCUT2D eigenvalue weighted by Crippen LogP contribution is 2.41. The van der Waals surface area contributed by atoms with E-state index in [9.17, 15) is 0 Å². The standard InChI is InChI=1S/C19H38N4/c1-4-18(2,20)14-22-11-7-19(8-12-22)15-23(16-19)13-17-5-9-21(3)10-6-17/h17H,4-16,20H2,1-3H3. The predicted molar refractivity (Wildman–Crippen MR) is 97.7 cm³/mol. The Morgan fingerprint density at radius 3 is 2.22 bits per heavy atom. The number of likely N-dealkylation sites (tertiary alicyclic amines) is 3. The van der Waals surface area contributed by atoms with Crippen molar-refractivity contribution in [2.75, 3.05) is 59.4 Å². The summed E-state index contributed by atoms with van der Waals surface area (Å²) in [5, 5.41) is 0. The molecule has 23 heavy (non-hydrogen) atoms. The number of rotatable bonds is 5. The summed E-state index contributed by atoms with van der Waals surface area (Å²) in [6.45, 7) is 14.7. The Labute approximate surface area is 143 Å². The van der Waals surface area contributed by atoms with Crippen LogP contribution in [0.2, 0.25) is 0 Å². The highest BCUT2D eigenvalue weighted by Gasteiger charge is 2.45. The summed E-state index contributed by atoms with van der Waals surface area (Å²) < 4.78 is 0. The van der Waals surface area contributed by atoms with Crippen molar-refractivity contribution in [2.45, 2.75) is 51.5 Å². The number of nitrogens with zero attached hydrogens (tertiary/aromatic N) is 3. The molecule has 1 unspecified atom stereocenters. The Morgan fingerprint density at radius 2 is 1.65 bits per heavy atom. The predicted octanol–water partition coefficient (Wildman–Crippen LogP) is 1.85. The first-order valence-corrected chi connectivity index (χ1v) is 9.82. The molecule has 3 fully saturated rings. The van der Waals surface area contributed by atoms with Crippen molar-refractivity contribution in [3.05, 3.63) is 0 Å². The van der Waals surface area contributed by atoms with Crippen molar-refractivity contribution < 1.29 is 0 Å². The maximum Gasteiger partial charge on any atom is 0.0252 e. The molecule has 2 N–H and O–H groups in total. The first-order chi connectivity index (χ1) is 10.9. The van der Waals surface area contributed by atoms with Crippen LogP contribution in [-0.2, 0) is 0 Å². The van der Waals surface area contributed by atoms with Crippen molar-refractivity contribution in [1.82, 2.24) is 14.7 Å². The molecule has 4 heteroatoms. The van der Waals surface area contributed by atoms with Crippen LogP contribution in [0.15, 0.2) is 0 Å². The van der Waals surface area contributed by atoms with Crippen molar-refractivity contribution in [3.63, 3.8) is 0 Å². The zero-order valence-electron chi connectivity index (χ0n) is 15.7. The fourth-order valence-corrected chi connectivity index (χ4v) is 4.77. The van der Waals surface area contributed by atoms with E-state index in [4.69, 9.17) is 5.73 Å². The van der Waals surface area contributed by atoms with Gasteiger partial charge in [-0.15, -0.1) is 0 Å². The lowest BCUT2D eigenvalue weighted by Gasteiger charge is -2.55. The van der Waals surface area contributed by atoms with Crippen molar-refractivity contribution >= 4 is 0 Å². The fourth-order valence-electron chi connectivity index (χ4n) is 4.77. The minimum atomic E-state index is -0.00963. The van der Waals surface area contributed by atoms with Gasteiger partial charge in [-0.2, -0.15) is 0 Å². The molecule has 3 heterocycles. The molecule has 0 radical (unpaired) electrons. The second-order valence-corrected chi connectivity index (χ2v) is 9.20. The van der Waals surface area contributed by atoms with E-state index in [1.165, 1.54) is 71.5 Å². The average molecular weight is 323 g/mol. The lowest BCUT2D eigenvalue weighted by Crippen LogP contribution is -2.62. The van der Waals surface area contributed by atoms with Crippen LogP contribution in [0.5, 0.6) is 0 Å². The Kier molecular flexibility index (Phi) is 5.37. The lowest BCUT2D eigenvalue weighted by atomic mass is 9.71. The van der Waals surface area contributed by atoms with Gasteiger partial charge in [0.15, 0.2) is 0 Å². The fraction of sp³-hybridized carbons (Fsp3) is 1.00. The third-order valence-electron chi connectivity index (χ3n) is 6.78. The Hall–Kier alpha value is -0.160. The molecule has 0 aromatic heterocycles. The molecular formula is C19H38N4. The van der Waals surface area contributed by atoms with Gasteiger partial charge >= 0.3 is 0 Å². The Bertz CT molecular complexity index is 371. The third kappa shape index (κ3) is 4.47. The molecule has 134 valence electrons. The van der Waals surface area contributed by atoms with E-state index < -0.39 is 0 Å². The van der Waals surface area contributed by atoms with E-state index in [0.29, 0.717) is 5.41 Å². The molecule has 4 nitrogen and oxygen atoms in total. The number of hydrogen-bond acceptors (Lipinski definition) is 4. The van der Waals surface area contributed by atoms with Gasteiger partial charge in [0.05, 0.1) is 0 Å². The molecule has 0 bridgehead atoms. The van der Waals surface area contributed by atoms with Gasteiger partial charge in [0.2, 0.25) is 0 Å². The summed E-state index contributed by atoms with van der Waals surface area (Å²) >= 11 is 0. The van der Waals surface area contributed by atoms with E-state index in [0.717, 1.165) is 18.9 Å². The van der Waals surface area contributed by atoms with E-state index in [-0.39, 0.29) is 5.54 Å². The molecule has 0 aromatic rings. The topological polar surface area (TPSA) is 35.7 Å². The monoisotopic (exact) mass is 322 g/mol. The smallest absolute Gasteiger partial charge is 0.0252 e. The van der Waals surface area contributed by atoms with Crippen molar-refractivity contribution in [1.29, 1.82) is 0 Å². The van der Waals surface area contributed by atoms with Gasteiger partial charge in [0.1, 0.15) is 0 Å². The van der Waals surface area contributed by atoms with Crippen LogP contribution in [0.25, 0.3) is 0 Å². The normalized spacial score (nSPS) is 30.3. The van der Waals surface area contributed by atoms with E-state index in [1.807, 2.05) is 0 Å². The van der Waals surface area contributed by atoms with Crippen LogP contribution in [0, 0.1) is 11.3 Å². The molecular weight excluding hydrogens is 284 g/mol. The van der Waals surface area contributed by atoms with Gasteiger partial charge in [-0.05, 0) is 83.6 Å². The maximum absolute atomic E-state index is 6.34. The van der Waals surface area contributed by atoms with Crippen molar-refractivity contribution in [2.24, 2.45) is 17.1 Å². The average Bonchev–Trinajstić information content (AvgIpc) is 2.50. The van der Waals surface area contributed by atoms with Gasteiger partial charge in [0, 0.05) is 31.7 Å². The SMILES string of the molecule is CCC(C)(N)CN1CCC2(CC1)CN(CC1CCN(C)CC1)C2. The number of hydrogen-bond donors (Lipinski definition) is 1. The van der Waals surface area contributed by atoms with E-state index >= 15 is 0 Å². The zero-order valence-corrected chi connectivity index (χ0v) is 15.7. The van der Waals surface area contributed by atoms with Crippen LogP contribution in [0.1, 0.15) is 46.0 Å². The van der Waals surface area contributed by atoms with E-state index in [1.54, 1.807) is 0 Å². The second kappa shape index (κ2) is 6.99. The minimum absolute atomic E-state index is 0.00963.